The number of aromatic nitrogens is 2. The first-order valence-electron chi connectivity index (χ1n) is 8.84. The lowest BCUT2D eigenvalue weighted by atomic mass is 9.98. The van der Waals surface area contributed by atoms with E-state index in [4.69, 9.17) is 0 Å². The van der Waals surface area contributed by atoms with E-state index in [2.05, 4.69) is 4.98 Å². The number of fused-ring (bicyclic) bond motifs is 1. The molecule has 0 spiro atoms. The molecule has 2 aliphatic heterocycles. The number of sulfonamides is 1. The van der Waals surface area contributed by atoms with Crippen molar-refractivity contribution in [3.8, 4) is 0 Å². The largest absolute Gasteiger partial charge is 0.339 e. The number of carbonyl (C=O) groups excluding carboxylic acids is 1. The summed E-state index contributed by atoms with van der Waals surface area (Å²) in [5.41, 5.74) is 2.14. The summed E-state index contributed by atoms with van der Waals surface area (Å²) < 4.78 is 28.6. The van der Waals surface area contributed by atoms with Crippen molar-refractivity contribution >= 4 is 21.6 Å². The molecular formula is C18H22N4O3S. The third kappa shape index (κ3) is 2.93. The second-order valence-electron chi connectivity index (χ2n) is 6.95. The van der Waals surface area contributed by atoms with Crippen LogP contribution in [0.3, 0.4) is 0 Å². The van der Waals surface area contributed by atoms with E-state index in [1.807, 2.05) is 29.2 Å². The van der Waals surface area contributed by atoms with Gasteiger partial charge in [0.2, 0.25) is 5.91 Å². The number of imidazole rings is 1. The molecule has 1 aromatic heterocycles. The standard InChI is InChI=1S/C18H22N4O3S/c1-20-12-17(19-13-20)26(24,25)21-9-4-6-15(11-21)18(23)22-10-8-14-5-2-3-7-16(14)22/h2-3,5,7,12-13,15H,4,6,8-11H2,1H3/t15-/m0/s1. The van der Waals surface area contributed by atoms with Crippen LogP contribution in [0.1, 0.15) is 18.4 Å². The van der Waals surface area contributed by atoms with Gasteiger partial charge in [0.1, 0.15) is 0 Å². The number of nitrogens with zero attached hydrogens (tertiary/aromatic N) is 4. The average molecular weight is 374 g/mol. The van der Waals surface area contributed by atoms with Gasteiger partial charge in [-0.1, -0.05) is 18.2 Å². The Hall–Kier alpha value is -2.19. The van der Waals surface area contributed by atoms with Crippen molar-refractivity contribution in [3.63, 3.8) is 0 Å². The second-order valence-corrected chi connectivity index (χ2v) is 8.83. The van der Waals surface area contributed by atoms with Gasteiger partial charge in [0.05, 0.1) is 12.2 Å². The zero-order chi connectivity index (χ0) is 18.3. The van der Waals surface area contributed by atoms with Crippen molar-refractivity contribution in [1.82, 2.24) is 13.9 Å². The summed E-state index contributed by atoms with van der Waals surface area (Å²) in [6.45, 7) is 1.32. The maximum atomic E-state index is 13.1. The zero-order valence-electron chi connectivity index (χ0n) is 14.7. The van der Waals surface area contributed by atoms with Crippen molar-refractivity contribution in [2.75, 3.05) is 24.5 Å². The predicted molar refractivity (Wildman–Crippen MR) is 97.2 cm³/mol. The summed E-state index contributed by atoms with van der Waals surface area (Å²) in [7, 11) is -1.93. The van der Waals surface area contributed by atoms with Gasteiger partial charge in [-0.2, -0.15) is 4.31 Å². The third-order valence-electron chi connectivity index (χ3n) is 5.17. The normalized spacial score (nSPS) is 21.0. The van der Waals surface area contributed by atoms with Crippen molar-refractivity contribution in [3.05, 3.63) is 42.4 Å². The van der Waals surface area contributed by atoms with Gasteiger partial charge < -0.3 is 9.47 Å². The first-order chi connectivity index (χ1) is 12.5. The van der Waals surface area contributed by atoms with E-state index >= 15 is 0 Å². The Morgan fingerprint density at radius 1 is 1.23 bits per heavy atom. The molecule has 2 aromatic rings. The van der Waals surface area contributed by atoms with E-state index < -0.39 is 10.0 Å². The van der Waals surface area contributed by atoms with E-state index in [0.717, 1.165) is 12.1 Å². The molecule has 7 nitrogen and oxygen atoms in total. The Bertz CT molecular complexity index is 937. The molecule has 3 heterocycles. The quantitative estimate of drug-likeness (QED) is 0.814. The second kappa shape index (κ2) is 6.51. The van der Waals surface area contributed by atoms with Crippen LogP contribution < -0.4 is 4.90 Å². The van der Waals surface area contributed by atoms with Crippen LogP contribution in [0.4, 0.5) is 5.69 Å². The van der Waals surface area contributed by atoms with Gasteiger partial charge in [0, 0.05) is 38.6 Å². The fourth-order valence-electron chi connectivity index (χ4n) is 3.80. The van der Waals surface area contributed by atoms with Crippen LogP contribution in [-0.4, -0.2) is 47.8 Å². The maximum Gasteiger partial charge on any atom is 0.262 e. The number of piperidine rings is 1. The SMILES string of the molecule is Cn1cnc(S(=O)(=O)N2CCC[C@H](C(=O)N3CCc4ccccc43)C2)c1. The molecule has 0 bridgehead atoms. The first kappa shape index (κ1) is 17.2. The van der Waals surface area contributed by atoms with Crippen LogP contribution in [0.2, 0.25) is 0 Å². The molecular weight excluding hydrogens is 352 g/mol. The Labute approximate surface area is 153 Å². The van der Waals surface area contributed by atoms with E-state index in [1.165, 1.54) is 22.4 Å². The molecule has 1 fully saturated rings. The molecule has 1 saturated heterocycles. The van der Waals surface area contributed by atoms with Crippen LogP contribution in [0.15, 0.2) is 41.8 Å². The smallest absolute Gasteiger partial charge is 0.262 e. The lowest BCUT2D eigenvalue weighted by Gasteiger charge is -2.32. The molecule has 138 valence electrons. The fraction of sp³-hybridized carbons (Fsp3) is 0.444. The van der Waals surface area contributed by atoms with Gasteiger partial charge in [0.15, 0.2) is 5.03 Å². The summed E-state index contributed by atoms with van der Waals surface area (Å²) >= 11 is 0. The lowest BCUT2D eigenvalue weighted by molar-refractivity contribution is -0.123. The number of hydrogen-bond donors (Lipinski definition) is 0. The minimum Gasteiger partial charge on any atom is -0.339 e. The number of benzene rings is 1. The van der Waals surface area contributed by atoms with Crippen LogP contribution in [0, 0.1) is 5.92 Å². The summed E-state index contributed by atoms with van der Waals surface area (Å²) in [6.07, 6.45) is 5.21. The summed E-state index contributed by atoms with van der Waals surface area (Å²) in [4.78, 5) is 18.9. The van der Waals surface area contributed by atoms with Crippen molar-refractivity contribution in [2.45, 2.75) is 24.3 Å². The average Bonchev–Trinajstić information content (AvgIpc) is 3.28. The maximum absolute atomic E-state index is 13.1. The van der Waals surface area contributed by atoms with E-state index in [0.29, 0.717) is 25.9 Å². The van der Waals surface area contributed by atoms with E-state index in [1.54, 1.807) is 11.6 Å². The van der Waals surface area contributed by atoms with Crippen LogP contribution >= 0.6 is 0 Å². The highest BCUT2D eigenvalue weighted by molar-refractivity contribution is 7.89. The molecule has 2 aliphatic rings. The topological polar surface area (TPSA) is 75.5 Å². The van der Waals surface area contributed by atoms with Gasteiger partial charge in [-0.3, -0.25) is 4.79 Å². The summed E-state index contributed by atoms with van der Waals surface area (Å²) in [6, 6.07) is 7.92. The Morgan fingerprint density at radius 3 is 2.81 bits per heavy atom. The number of hydrogen-bond acceptors (Lipinski definition) is 4. The third-order valence-corrected chi connectivity index (χ3v) is 6.92. The number of para-hydroxylation sites is 1. The van der Waals surface area contributed by atoms with Gasteiger partial charge in [-0.05, 0) is 30.9 Å². The molecule has 0 aliphatic carbocycles. The monoisotopic (exact) mass is 374 g/mol. The van der Waals surface area contributed by atoms with Gasteiger partial charge >= 0.3 is 0 Å². The molecule has 26 heavy (non-hydrogen) atoms. The minimum atomic E-state index is -3.66. The number of amides is 1. The minimum absolute atomic E-state index is 0.0240. The number of rotatable bonds is 3. The van der Waals surface area contributed by atoms with Crippen LogP contribution in [-0.2, 0) is 28.3 Å². The van der Waals surface area contributed by atoms with Crippen LogP contribution in [0.5, 0.6) is 0 Å². The molecule has 0 N–H and O–H groups in total. The van der Waals surface area contributed by atoms with Crippen molar-refractivity contribution < 1.29 is 13.2 Å². The molecule has 1 atom stereocenters. The highest BCUT2D eigenvalue weighted by Crippen LogP contribution is 2.31. The number of carbonyl (C=O) groups is 1. The summed E-state index contributed by atoms with van der Waals surface area (Å²) in [5, 5.41) is 0.0413. The first-order valence-corrected chi connectivity index (χ1v) is 10.3. The van der Waals surface area contributed by atoms with E-state index in [-0.39, 0.29) is 23.4 Å². The van der Waals surface area contributed by atoms with E-state index in [9.17, 15) is 13.2 Å². The number of anilines is 1. The molecule has 4 rings (SSSR count). The van der Waals surface area contributed by atoms with Gasteiger partial charge in [-0.15, -0.1) is 0 Å². The Kier molecular flexibility index (Phi) is 4.32. The van der Waals surface area contributed by atoms with Gasteiger partial charge in [0.25, 0.3) is 10.0 Å². The Balaban J connectivity index is 1.53. The van der Waals surface area contributed by atoms with Crippen LogP contribution in [0.25, 0.3) is 0 Å². The molecule has 0 saturated carbocycles. The highest BCUT2D eigenvalue weighted by atomic mass is 32.2. The lowest BCUT2D eigenvalue weighted by Crippen LogP contribution is -2.46. The summed E-state index contributed by atoms with van der Waals surface area (Å²) in [5.74, 6) is -0.288. The highest BCUT2D eigenvalue weighted by Gasteiger charge is 2.37. The fourth-order valence-corrected chi connectivity index (χ4v) is 5.29. The number of aryl methyl sites for hydroxylation is 1. The Morgan fingerprint density at radius 2 is 2.04 bits per heavy atom. The zero-order valence-corrected chi connectivity index (χ0v) is 15.5. The van der Waals surface area contributed by atoms with Gasteiger partial charge in [-0.25, -0.2) is 13.4 Å². The molecule has 0 unspecified atom stereocenters. The van der Waals surface area contributed by atoms with Crippen molar-refractivity contribution in [2.24, 2.45) is 13.0 Å². The molecule has 8 heteroatoms. The predicted octanol–water partition coefficient (Wildman–Crippen LogP) is 1.41. The molecule has 1 aromatic carbocycles. The van der Waals surface area contributed by atoms with Crippen molar-refractivity contribution in [1.29, 1.82) is 0 Å². The molecule has 0 radical (unpaired) electrons. The molecule has 1 amide bonds.